The van der Waals surface area contributed by atoms with E-state index in [1.165, 1.54) is 39.0 Å². The van der Waals surface area contributed by atoms with Crippen LogP contribution >= 0.6 is 0 Å². The van der Waals surface area contributed by atoms with Gasteiger partial charge in [0, 0.05) is 32.3 Å². The normalized spacial score (nSPS) is 34.1. The molecule has 2 fully saturated rings. The van der Waals surface area contributed by atoms with Gasteiger partial charge >= 0.3 is 0 Å². The van der Waals surface area contributed by atoms with E-state index < -0.39 is 0 Å². The zero-order valence-electron chi connectivity index (χ0n) is 7.00. The van der Waals surface area contributed by atoms with E-state index in [0.29, 0.717) is 0 Å². The fourth-order valence-electron chi connectivity index (χ4n) is 2.22. The van der Waals surface area contributed by atoms with Gasteiger partial charge < -0.3 is 5.73 Å². The van der Waals surface area contributed by atoms with Crippen molar-refractivity contribution in [1.29, 1.82) is 0 Å². The first-order valence-corrected chi connectivity index (χ1v) is 4.56. The second-order valence-electron chi connectivity index (χ2n) is 3.59. The van der Waals surface area contributed by atoms with Crippen LogP contribution in [-0.4, -0.2) is 48.7 Å². The summed E-state index contributed by atoms with van der Waals surface area (Å²) in [4.78, 5) is 4.96. The average molecular weight is 155 g/mol. The van der Waals surface area contributed by atoms with Gasteiger partial charge in [0.2, 0.25) is 0 Å². The van der Waals surface area contributed by atoms with E-state index in [-0.39, 0.29) is 0 Å². The maximum absolute atomic E-state index is 5.59. The Morgan fingerprint density at radius 2 is 2.18 bits per heavy atom. The van der Waals surface area contributed by atoms with Crippen molar-refractivity contribution in [3.05, 3.63) is 0 Å². The maximum Gasteiger partial charge on any atom is 0.0456 e. The zero-order chi connectivity index (χ0) is 7.68. The van der Waals surface area contributed by atoms with Crippen LogP contribution in [0, 0.1) is 0 Å². The number of fused-ring (bicyclic) bond motifs is 1. The minimum absolute atomic E-state index is 0.740. The predicted octanol–water partition coefficient (Wildman–Crippen LogP) is -0.317. The molecule has 0 spiro atoms. The molecule has 0 bridgehead atoms. The Morgan fingerprint density at radius 1 is 1.27 bits per heavy atom. The van der Waals surface area contributed by atoms with E-state index in [9.17, 15) is 0 Å². The van der Waals surface area contributed by atoms with Crippen molar-refractivity contribution in [2.45, 2.75) is 18.9 Å². The molecule has 3 heteroatoms. The Balaban J connectivity index is 1.91. The molecule has 2 aliphatic heterocycles. The topological polar surface area (TPSA) is 32.5 Å². The molecule has 2 heterocycles. The van der Waals surface area contributed by atoms with Crippen molar-refractivity contribution in [3.8, 4) is 0 Å². The van der Waals surface area contributed by atoms with Crippen LogP contribution in [0.3, 0.4) is 0 Å². The summed E-state index contributed by atoms with van der Waals surface area (Å²) in [5.41, 5.74) is 5.59. The van der Waals surface area contributed by atoms with Crippen LogP contribution in [0.5, 0.6) is 0 Å². The lowest BCUT2D eigenvalue weighted by Crippen LogP contribution is -2.51. The third-order valence-electron chi connectivity index (χ3n) is 2.93. The lowest BCUT2D eigenvalue weighted by molar-refractivity contribution is 0.107. The SMILES string of the molecule is NCN1CCN2CCCC2C1. The number of nitrogens with two attached hydrogens (primary N) is 1. The molecule has 0 aliphatic carbocycles. The summed E-state index contributed by atoms with van der Waals surface area (Å²) < 4.78 is 0. The molecule has 2 rings (SSSR count). The zero-order valence-corrected chi connectivity index (χ0v) is 7.00. The van der Waals surface area contributed by atoms with Crippen LogP contribution in [0.1, 0.15) is 12.8 Å². The second-order valence-corrected chi connectivity index (χ2v) is 3.59. The Labute approximate surface area is 68.1 Å². The lowest BCUT2D eigenvalue weighted by atomic mass is 10.2. The van der Waals surface area contributed by atoms with Crippen LogP contribution in [0.4, 0.5) is 0 Å². The first-order valence-electron chi connectivity index (χ1n) is 4.56. The molecule has 1 atom stereocenters. The highest BCUT2D eigenvalue weighted by Gasteiger charge is 2.29. The largest absolute Gasteiger partial charge is 0.318 e. The van der Waals surface area contributed by atoms with Crippen molar-refractivity contribution in [1.82, 2.24) is 9.80 Å². The monoisotopic (exact) mass is 155 g/mol. The molecular formula is C8H17N3. The number of hydrogen-bond acceptors (Lipinski definition) is 3. The van der Waals surface area contributed by atoms with Gasteiger partial charge in [-0.05, 0) is 19.4 Å². The van der Waals surface area contributed by atoms with Gasteiger partial charge in [-0.3, -0.25) is 9.80 Å². The summed E-state index contributed by atoms with van der Waals surface area (Å²) in [5.74, 6) is 0. The summed E-state index contributed by atoms with van der Waals surface area (Å²) in [6.45, 7) is 5.68. The van der Waals surface area contributed by atoms with Gasteiger partial charge in [-0.15, -0.1) is 0 Å². The van der Waals surface area contributed by atoms with Gasteiger partial charge in [0.1, 0.15) is 0 Å². The Bertz CT molecular complexity index is 137. The predicted molar refractivity (Wildman–Crippen MR) is 45.2 cm³/mol. The van der Waals surface area contributed by atoms with Crippen LogP contribution in [0.15, 0.2) is 0 Å². The summed E-state index contributed by atoms with van der Waals surface area (Å²) in [6, 6.07) is 0.826. The van der Waals surface area contributed by atoms with Crippen LogP contribution < -0.4 is 5.73 Å². The molecule has 0 aromatic heterocycles. The fourth-order valence-corrected chi connectivity index (χ4v) is 2.22. The molecule has 0 saturated carbocycles. The van der Waals surface area contributed by atoms with E-state index in [1.807, 2.05) is 0 Å². The summed E-state index contributed by atoms with van der Waals surface area (Å²) in [6.07, 6.45) is 2.78. The molecule has 2 N–H and O–H groups in total. The molecule has 0 aromatic rings. The summed E-state index contributed by atoms with van der Waals surface area (Å²) >= 11 is 0. The van der Waals surface area contributed by atoms with Gasteiger partial charge in [0.25, 0.3) is 0 Å². The van der Waals surface area contributed by atoms with E-state index >= 15 is 0 Å². The number of rotatable bonds is 1. The van der Waals surface area contributed by atoms with Crippen molar-refractivity contribution in [2.75, 3.05) is 32.8 Å². The lowest BCUT2D eigenvalue weighted by Gasteiger charge is -2.36. The molecule has 64 valence electrons. The molecule has 0 radical (unpaired) electrons. The minimum atomic E-state index is 0.740. The van der Waals surface area contributed by atoms with Crippen molar-refractivity contribution in [2.24, 2.45) is 5.73 Å². The average Bonchev–Trinajstić information content (AvgIpc) is 2.50. The van der Waals surface area contributed by atoms with Crippen molar-refractivity contribution in [3.63, 3.8) is 0 Å². The Kier molecular flexibility index (Phi) is 2.11. The number of piperazine rings is 1. The standard InChI is InChI=1S/C8H17N3/c9-7-10-4-5-11-3-1-2-8(11)6-10/h8H,1-7,9H2. The van der Waals surface area contributed by atoms with E-state index in [1.54, 1.807) is 0 Å². The van der Waals surface area contributed by atoms with Gasteiger partial charge in [0.15, 0.2) is 0 Å². The van der Waals surface area contributed by atoms with E-state index in [0.717, 1.165) is 12.7 Å². The highest BCUT2D eigenvalue weighted by atomic mass is 15.3. The minimum Gasteiger partial charge on any atom is -0.318 e. The highest BCUT2D eigenvalue weighted by molar-refractivity contribution is 4.86. The van der Waals surface area contributed by atoms with Gasteiger partial charge in [0.05, 0.1) is 0 Å². The smallest absolute Gasteiger partial charge is 0.0456 e. The highest BCUT2D eigenvalue weighted by Crippen LogP contribution is 2.20. The first-order chi connectivity index (χ1) is 5.40. The third-order valence-corrected chi connectivity index (χ3v) is 2.93. The third kappa shape index (κ3) is 1.41. The molecule has 2 saturated heterocycles. The summed E-state index contributed by atoms with van der Waals surface area (Å²) in [7, 11) is 0. The van der Waals surface area contributed by atoms with Crippen LogP contribution in [-0.2, 0) is 0 Å². The Hall–Kier alpha value is -0.120. The van der Waals surface area contributed by atoms with Crippen LogP contribution in [0.25, 0.3) is 0 Å². The summed E-state index contributed by atoms with van der Waals surface area (Å²) in [5, 5.41) is 0. The fraction of sp³-hybridized carbons (Fsp3) is 1.00. The van der Waals surface area contributed by atoms with Crippen molar-refractivity contribution >= 4 is 0 Å². The molecule has 2 aliphatic rings. The quantitative estimate of drug-likeness (QED) is 0.563. The van der Waals surface area contributed by atoms with Gasteiger partial charge in [-0.25, -0.2) is 0 Å². The molecule has 1 unspecified atom stereocenters. The Morgan fingerprint density at radius 3 is 3.00 bits per heavy atom. The van der Waals surface area contributed by atoms with Crippen LogP contribution in [0.2, 0.25) is 0 Å². The molecular weight excluding hydrogens is 138 g/mol. The first kappa shape index (κ1) is 7.53. The van der Waals surface area contributed by atoms with Gasteiger partial charge in [-0.2, -0.15) is 0 Å². The van der Waals surface area contributed by atoms with E-state index in [2.05, 4.69) is 9.80 Å². The van der Waals surface area contributed by atoms with E-state index in [4.69, 9.17) is 5.73 Å². The molecule has 3 nitrogen and oxygen atoms in total. The molecule has 11 heavy (non-hydrogen) atoms. The second kappa shape index (κ2) is 3.09. The number of hydrogen-bond donors (Lipinski definition) is 1. The van der Waals surface area contributed by atoms with Gasteiger partial charge in [-0.1, -0.05) is 0 Å². The van der Waals surface area contributed by atoms with Crippen molar-refractivity contribution < 1.29 is 0 Å². The number of nitrogens with zero attached hydrogens (tertiary/aromatic N) is 2. The molecule has 0 aromatic carbocycles. The molecule has 0 amide bonds. The maximum atomic E-state index is 5.59.